The van der Waals surface area contributed by atoms with E-state index < -0.39 is 16.1 Å². The summed E-state index contributed by atoms with van der Waals surface area (Å²) in [5.41, 5.74) is 2.39. The number of rotatable bonds is 8. The maximum absolute atomic E-state index is 12.9. The predicted octanol–water partition coefficient (Wildman–Crippen LogP) is 5.29. The minimum atomic E-state index is -0.466. The summed E-state index contributed by atoms with van der Waals surface area (Å²) in [4.78, 5) is 37.1. The van der Waals surface area contributed by atoms with E-state index in [0.717, 1.165) is 22.2 Å². The van der Waals surface area contributed by atoms with Gasteiger partial charge in [-0.2, -0.15) is 5.26 Å². The van der Waals surface area contributed by atoms with Crippen LogP contribution in [-0.4, -0.2) is 28.1 Å². The Morgan fingerprint density at radius 2 is 1.83 bits per heavy atom. The monoisotopic (exact) mass is 501 g/mol. The first-order chi connectivity index (χ1) is 17.4. The van der Waals surface area contributed by atoms with E-state index in [-0.39, 0.29) is 23.7 Å². The maximum Gasteiger partial charge on any atom is 0.293 e. The molecule has 0 N–H and O–H groups in total. The number of nitro benzene ring substituents is 1. The lowest BCUT2D eigenvalue weighted by atomic mass is 10.1. The molecule has 0 radical (unpaired) electrons. The highest BCUT2D eigenvalue weighted by atomic mass is 32.2. The highest BCUT2D eigenvalue weighted by molar-refractivity contribution is 8.18. The van der Waals surface area contributed by atoms with Gasteiger partial charge in [0.1, 0.15) is 6.61 Å². The molecule has 0 aromatic heterocycles. The Morgan fingerprint density at radius 1 is 1.08 bits per heavy atom. The average Bonchev–Trinajstić information content (AvgIpc) is 3.15. The lowest BCUT2D eigenvalue weighted by Crippen LogP contribution is -2.27. The molecule has 1 aliphatic heterocycles. The van der Waals surface area contributed by atoms with E-state index in [4.69, 9.17) is 9.47 Å². The lowest BCUT2D eigenvalue weighted by molar-refractivity contribution is -0.384. The number of methoxy groups -OCH3 is 1. The van der Waals surface area contributed by atoms with Gasteiger partial charge in [0, 0.05) is 12.1 Å². The quantitative estimate of drug-likeness (QED) is 0.232. The van der Waals surface area contributed by atoms with Crippen LogP contribution in [0.2, 0.25) is 0 Å². The molecule has 2 amide bonds. The minimum absolute atomic E-state index is 0.000583. The molecule has 180 valence electrons. The standard InChI is InChI=1S/C26H19N3O6S/c1-34-23-12-18(8-11-22(23)35-16-17-6-9-21(10-7-17)29(32)33)13-24-25(30)28(26(31)36-24)15-20-5-3-2-4-19(20)14-27/h2-13H,15-16H2,1H3/b24-13+. The predicted molar refractivity (Wildman–Crippen MR) is 133 cm³/mol. The first-order valence-electron chi connectivity index (χ1n) is 10.7. The van der Waals surface area contributed by atoms with Crippen molar-refractivity contribution in [1.82, 2.24) is 4.90 Å². The van der Waals surface area contributed by atoms with Crippen LogP contribution in [0.3, 0.4) is 0 Å². The van der Waals surface area contributed by atoms with Gasteiger partial charge >= 0.3 is 0 Å². The zero-order chi connectivity index (χ0) is 25.7. The number of amides is 2. The number of non-ortho nitro benzene ring substituents is 1. The van der Waals surface area contributed by atoms with Gasteiger partial charge < -0.3 is 9.47 Å². The van der Waals surface area contributed by atoms with Crippen LogP contribution in [0.4, 0.5) is 10.5 Å². The fourth-order valence-electron chi connectivity index (χ4n) is 3.49. The first kappa shape index (κ1) is 24.5. The third-order valence-electron chi connectivity index (χ3n) is 5.37. The van der Waals surface area contributed by atoms with Crippen LogP contribution in [0.15, 0.2) is 71.6 Å². The summed E-state index contributed by atoms with van der Waals surface area (Å²) < 4.78 is 11.2. The molecule has 0 saturated carbocycles. The van der Waals surface area contributed by atoms with Crippen LogP contribution in [-0.2, 0) is 17.9 Å². The third kappa shape index (κ3) is 5.37. The SMILES string of the molecule is COc1cc(/C=C2/SC(=O)N(Cc3ccccc3C#N)C2=O)ccc1OCc1ccc([N+](=O)[O-])cc1. The van der Waals surface area contributed by atoms with Crippen molar-refractivity contribution in [2.24, 2.45) is 0 Å². The first-order valence-corrected chi connectivity index (χ1v) is 11.5. The topological polar surface area (TPSA) is 123 Å². The van der Waals surface area contributed by atoms with Gasteiger partial charge in [-0.15, -0.1) is 0 Å². The molecule has 0 spiro atoms. The molecule has 4 rings (SSSR count). The zero-order valence-electron chi connectivity index (χ0n) is 19.0. The Labute approximate surface area is 210 Å². The average molecular weight is 502 g/mol. The van der Waals surface area contributed by atoms with Crippen LogP contribution >= 0.6 is 11.8 Å². The number of thioether (sulfide) groups is 1. The number of carbonyl (C=O) groups excluding carboxylic acids is 2. The number of hydrogen-bond acceptors (Lipinski definition) is 8. The summed E-state index contributed by atoms with van der Waals surface area (Å²) in [6.07, 6.45) is 1.60. The molecule has 1 heterocycles. The second-order valence-corrected chi connectivity index (χ2v) is 8.65. The van der Waals surface area contributed by atoms with Gasteiger partial charge in [0.05, 0.1) is 35.1 Å². The van der Waals surface area contributed by atoms with Crippen LogP contribution in [0.1, 0.15) is 22.3 Å². The number of ether oxygens (including phenoxy) is 2. The van der Waals surface area contributed by atoms with Crippen LogP contribution in [0.25, 0.3) is 6.08 Å². The van der Waals surface area contributed by atoms with Gasteiger partial charge in [0.15, 0.2) is 11.5 Å². The summed E-state index contributed by atoms with van der Waals surface area (Å²) in [6, 6.07) is 20.0. The van der Waals surface area contributed by atoms with Crippen LogP contribution in [0.5, 0.6) is 11.5 Å². The van der Waals surface area contributed by atoms with E-state index in [1.807, 2.05) is 0 Å². The van der Waals surface area contributed by atoms with Gasteiger partial charge in [0.2, 0.25) is 0 Å². The Morgan fingerprint density at radius 3 is 2.53 bits per heavy atom. The molecule has 3 aromatic carbocycles. The molecule has 0 aliphatic carbocycles. The second kappa shape index (κ2) is 10.8. The van der Waals surface area contributed by atoms with Crippen molar-refractivity contribution >= 4 is 34.7 Å². The summed E-state index contributed by atoms with van der Waals surface area (Å²) in [7, 11) is 1.48. The third-order valence-corrected chi connectivity index (χ3v) is 6.27. The number of nitrogens with zero attached hydrogens (tertiary/aromatic N) is 3. The van der Waals surface area contributed by atoms with Gasteiger partial charge in [0.25, 0.3) is 16.8 Å². The van der Waals surface area contributed by atoms with E-state index in [1.165, 1.54) is 19.2 Å². The number of carbonyl (C=O) groups is 2. The molecule has 9 nitrogen and oxygen atoms in total. The van der Waals surface area contributed by atoms with Crippen LogP contribution < -0.4 is 9.47 Å². The molecular weight excluding hydrogens is 482 g/mol. The number of hydrogen-bond donors (Lipinski definition) is 0. The van der Waals surface area contributed by atoms with Gasteiger partial charge in [-0.05, 0) is 64.9 Å². The van der Waals surface area contributed by atoms with Gasteiger partial charge in [-0.1, -0.05) is 24.3 Å². The highest BCUT2D eigenvalue weighted by Crippen LogP contribution is 2.35. The van der Waals surface area contributed by atoms with E-state index >= 15 is 0 Å². The maximum atomic E-state index is 12.9. The fourth-order valence-corrected chi connectivity index (χ4v) is 4.33. The van der Waals surface area contributed by atoms with Crippen molar-refractivity contribution in [3.05, 3.63) is 104 Å². The molecule has 0 unspecified atom stereocenters. The number of imide groups is 1. The molecule has 1 saturated heterocycles. The summed E-state index contributed by atoms with van der Waals surface area (Å²) >= 11 is 0.833. The van der Waals surface area contributed by atoms with Crippen molar-refractivity contribution in [2.75, 3.05) is 7.11 Å². The number of benzene rings is 3. The largest absolute Gasteiger partial charge is 0.493 e. The van der Waals surface area contributed by atoms with Crippen LogP contribution in [0, 0.1) is 21.4 Å². The van der Waals surface area contributed by atoms with Crippen molar-refractivity contribution in [2.45, 2.75) is 13.2 Å². The van der Waals surface area contributed by atoms with Gasteiger partial charge in [-0.3, -0.25) is 24.6 Å². The molecular formula is C26H19N3O6S. The van der Waals surface area contributed by atoms with E-state index in [1.54, 1.807) is 60.7 Å². The molecule has 1 fully saturated rings. The lowest BCUT2D eigenvalue weighted by Gasteiger charge is -2.13. The Hall–Kier alpha value is -4.62. The van der Waals surface area contributed by atoms with Crippen molar-refractivity contribution < 1.29 is 24.0 Å². The Bertz CT molecular complexity index is 1410. The molecule has 0 bridgehead atoms. The van der Waals surface area contributed by atoms with E-state index in [2.05, 4.69) is 6.07 Å². The molecule has 10 heteroatoms. The van der Waals surface area contributed by atoms with Crippen molar-refractivity contribution in [3.63, 3.8) is 0 Å². The van der Waals surface area contributed by atoms with E-state index in [0.29, 0.717) is 28.2 Å². The smallest absolute Gasteiger partial charge is 0.293 e. The second-order valence-electron chi connectivity index (χ2n) is 7.66. The minimum Gasteiger partial charge on any atom is -0.493 e. The van der Waals surface area contributed by atoms with Crippen molar-refractivity contribution in [3.8, 4) is 17.6 Å². The molecule has 3 aromatic rings. The molecule has 0 atom stereocenters. The molecule has 36 heavy (non-hydrogen) atoms. The summed E-state index contributed by atoms with van der Waals surface area (Å²) in [5, 5.41) is 19.7. The van der Waals surface area contributed by atoms with Crippen molar-refractivity contribution in [1.29, 1.82) is 5.26 Å². The number of nitriles is 1. The number of nitro groups is 1. The Balaban J connectivity index is 1.47. The normalized spacial score (nSPS) is 14.1. The van der Waals surface area contributed by atoms with Gasteiger partial charge in [-0.25, -0.2) is 0 Å². The summed E-state index contributed by atoms with van der Waals surface area (Å²) in [5.74, 6) is 0.442. The summed E-state index contributed by atoms with van der Waals surface area (Å²) in [6.45, 7) is 0.196. The van der Waals surface area contributed by atoms with E-state index in [9.17, 15) is 25.0 Å². The fraction of sp³-hybridized carbons (Fsp3) is 0.115. The Kier molecular flexibility index (Phi) is 7.32. The molecule has 1 aliphatic rings. The zero-order valence-corrected chi connectivity index (χ0v) is 19.9. The highest BCUT2D eigenvalue weighted by Gasteiger charge is 2.35.